The number of nitrogens with zero attached hydrogens (tertiary/aromatic N) is 3. The highest BCUT2D eigenvalue weighted by molar-refractivity contribution is 6.35. The maximum atomic E-state index is 12.0. The summed E-state index contributed by atoms with van der Waals surface area (Å²) >= 11 is 11.8. The van der Waals surface area contributed by atoms with E-state index in [1.807, 2.05) is 6.07 Å². The number of carbonyl (C=O) groups excluding carboxylic acids is 1. The Morgan fingerprint density at radius 3 is 2.71 bits per heavy atom. The SMILES string of the molecule is O=C(CCc1nc(-c2cccnc2)no1)Nc1cc(Cl)cc(Cl)c1. The quantitative estimate of drug-likeness (QED) is 0.741. The molecule has 24 heavy (non-hydrogen) atoms. The number of pyridine rings is 1. The summed E-state index contributed by atoms with van der Waals surface area (Å²) in [5.41, 5.74) is 1.30. The molecule has 0 fully saturated rings. The predicted octanol–water partition coefficient (Wildman–Crippen LogP) is 4.01. The molecule has 3 aromatic rings. The summed E-state index contributed by atoms with van der Waals surface area (Å²) in [5, 5.41) is 7.51. The summed E-state index contributed by atoms with van der Waals surface area (Å²) in [5.74, 6) is 0.628. The number of carbonyl (C=O) groups is 1. The minimum Gasteiger partial charge on any atom is -0.339 e. The third-order valence-electron chi connectivity index (χ3n) is 3.10. The molecule has 0 bridgehead atoms. The first-order valence-corrected chi connectivity index (χ1v) is 7.85. The number of benzene rings is 1. The number of aryl methyl sites for hydroxylation is 1. The van der Waals surface area contributed by atoms with Gasteiger partial charge in [0.2, 0.25) is 17.6 Å². The zero-order valence-electron chi connectivity index (χ0n) is 12.4. The summed E-state index contributed by atoms with van der Waals surface area (Å²) in [4.78, 5) is 20.2. The molecule has 0 spiro atoms. The highest BCUT2D eigenvalue weighted by Crippen LogP contribution is 2.22. The van der Waals surface area contributed by atoms with Gasteiger partial charge in [0, 0.05) is 46.5 Å². The molecule has 2 heterocycles. The second kappa shape index (κ2) is 7.42. The molecule has 1 N–H and O–H groups in total. The number of hydrogen-bond acceptors (Lipinski definition) is 5. The molecular formula is C16H12Cl2N4O2. The highest BCUT2D eigenvalue weighted by Gasteiger charge is 2.11. The lowest BCUT2D eigenvalue weighted by Gasteiger charge is -2.05. The van der Waals surface area contributed by atoms with Crippen LogP contribution < -0.4 is 5.32 Å². The molecule has 1 amide bonds. The van der Waals surface area contributed by atoms with E-state index in [4.69, 9.17) is 27.7 Å². The maximum Gasteiger partial charge on any atom is 0.227 e. The molecule has 0 aliphatic rings. The highest BCUT2D eigenvalue weighted by atomic mass is 35.5. The van der Waals surface area contributed by atoms with Gasteiger partial charge in [0.05, 0.1) is 0 Å². The van der Waals surface area contributed by atoms with Crippen LogP contribution in [0.15, 0.2) is 47.2 Å². The van der Waals surface area contributed by atoms with Gasteiger partial charge in [-0.05, 0) is 30.3 Å². The Hall–Kier alpha value is -2.44. The van der Waals surface area contributed by atoms with Crippen molar-refractivity contribution < 1.29 is 9.32 Å². The smallest absolute Gasteiger partial charge is 0.227 e. The van der Waals surface area contributed by atoms with Crippen molar-refractivity contribution in [2.24, 2.45) is 0 Å². The van der Waals surface area contributed by atoms with Crippen LogP contribution in [0.25, 0.3) is 11.4 Å². The van der Waals surface area contributed by atoms with Crippen molar-refractivity contribution in [3.8, 4) is 11.4 Å². The summed E-state index contributed by atoms with van der Waals surface area (Å²) in [7, 11) is 0. The van der Waals surface area contributed by atoms with E-state index >= 15 is 0 Å². The number of aromatic nitrogens is 3. The molecular weight excluding hydrogens is 351 g/mol. The summed E-state index contributed by atoms with van der Waals surface area (Å²) < 4.78 is 5.15. The molecule has 0 radical (unpaired) electrons. The van der Waals surface area contributed by atoms with E-state index in [-0.39, 0.29) is 12.3 Å². The molecule has 2 aromatic heterocycles. The van der Waals surface area contributed by atoms with Crippen LogP contribution in [0.4, 0.5) is 5.69 Å². The topological polar surface area (TPSA) is 80.9 Å². The number of rotatable bonds is 5. The molecule has 6 nitrogen and oxygen atoms in total. The molecule has 8 heteroatoms. The van der Waals surface area contributed by atoms with E-state index < -0.39 is 0 Å². The van der Waals surface area contributed by atoms with Crippen molar-refractivity contribution in [1.82, 2.24) is 15.1 Å². The van der Waals surface area contributed by atoms with Gasteiger partial charge in [0.1, 0.15) is 0 Å². The Labute approximate surface area is 147 Å². The molecule has 0 aliphatic carbocycles. The van der Waals surface area contributed by atoms with Crippen molar-refractivity contribution >= 4 is 34.8 Å². The van der Waals surface area contributed by atoms with Gasteiger partial charge in [-0.15, -0.1) is 0 Å². The van der Waals surface area contributed by atoms with Gasteiger partial charge >= 0.3 is 0 Å². The number of hydrogen-bond donors (Lipinski definition) is 1. The molecule has 122 valence electrons. The average molecular weight is 363 g/mol. The lowest BCUT2D eigenvalue weighted by molar-refractivity contribution is -0.116. The monoisotopic (exact) mass is 362 g/mol. The van der Waals surface area contributed by atoms with Crippen LogP contribution >= 0.6 is 23.2 Å². The molecule has 0 saturated carbocycles. The molecule has 0 atom stereocenters. The van der Waals surface area contributed by atoms with Gasteiger partial charge in [0.15, 0.2) is 0 Å². The standard InChI is InChI=1S/C16H12Cl2N4O2/c17-11-6-12(18)8-13(7-11)20-14(23)3-4-15-21-16(22-24-15)10-2-1-5-19-9-10/h1-2,5-9H,3-4H2,(H,20,23). The van der Waals surface area contributed by atoms with Gasteiger partial charge in [-0.25, -0.2) is 0 Å². The Morgan fingerprint density at radius 1 is 1.21 bits per heavy atom. The second-order valence-corrected chi connectivity index (χ2v) is 5.83. The van der Waals surface area contributed by atoms with Crippen molar-refractivity contribution in [2.75, 3.05) is 5.32 Å². The Kier molecular flexibility index (Phi) is 5.08. The Balaban J connectivity index is 1.58. The maximum absolute atomic E-state index is 12.0. The first-order valence-electron chi connectivity index (χ1n) is 7.09. The lowest BCUT2D eigenvalue weighted by Crippen LogP contribution is -2.12. The number of nitrogens with one attached hydrogen (secondary N) is 1. The zero-order chi connectivity index (χ0) is 16.9. The molecule has 3 rings (SSSR count). The minimum atomic E-state index is -0.200. The van der Waals surface area contributed by atoms with Crippen LogP contribution in [-0.2, 0) is 11.2 Å². The van der Waals surface area contributed by atoms with Crippen LogP contribution in [0.2, 0.25) is 10.0 Å². The van der Waals surface area contributed by atoms with E-state index in [0.717, 1.165) is 5.56 Å². The van der Waals surface area contributed by atoms with E-state index in [9.17, 15) is 4.79 Å². The molecule has 1 aromatic carbocycles. The lowest BCUT2D eigenvalue weighted by atomic mass is 10.2. The fourth-order valence-electron chi connectivity index (χ4n) is 2.04. The largest absolute Gasteiger partial charge is 0.339 e. The van der Waals surface area contributed by atoms with Crippen molar-refractivity contribution in [3.05, 3.63) is 58.7 Å². The zero-order valence-corrected chi connectivity index (χ0v) is 13.9. The van der Waals surface area contributed by atoms with Crippen LogP contribution in [-0.4, -0.2) is 21.0 Å². The molecule has 0 saturated heterocycles. The van der Waals surface area contributed by atoms with Gasteiger partial charge in [-0.3, -0.25) is 9.78 Å². The van der Waals surface area contributed by atoms with Crippen molar-refractivity contribution in [1.29, 1.82) is 0 Å². The third-order valence-corrected chi connectivity index (χ3v) is 3.54. The Bertz CT molecular complexity index is 832. The summed E-state index contributed by atoms with van der Waals surface area (Å²) in [6.45, 7) is 0. The van der Waals surface area contributed by atoms with Gasteiger partial charge in [0.25, 0.3) is 0 Å². The Morgan fingerprint density at radius 2 is 2.00 bits per heavy atom. The fourth-order valence-corrected chi connectivity index (χ4v) is 2.56. The van der Waals surface area contributed by atoms with Crippen molar-refractivity contribution in [2.45, 2.75) is 12.8 Å². The normalized spacial score (nSPS) is 10.6. The van der Waals surface area contributed by atoms with Crippen molar-refractivity contribution in [3.63, 3.8) is 0 Å². The van der Waals surface area contributed by atoms with Gasteiger partial charge in [-0.2, -0.15) is 4.98 Å². The van der Waals surface area contributed by atoms with E-state index in [1.54, 1.807) is 36.7 Å². The first-order chi connectivity index (χ1) is 11.6. The molecule has 0 aliphatic heterocycles. The predicted molar refractivity (Wildman–Crippen MR) is 90.9 cm³/mol. The average Bonchev–Trinajstić information content (AvgIpc) is 3.02. The number of halogens is 2. The van der Waals surface area contributed by atoms with Gasteiger partial charge in [-0.1, -0.05) is 28.4 Å². The van der Waals surface area contributed by atoms with E-state index in [1.165, 1.54) is 0 Å². The summed E-state index contributed by atoms with van der Waals surface area (Å²) in [6.07, 6.45) is 3.83. The number of amides is 1. The number of anilines is 1. The van der Waals surface area contributed by atoms with Crippen LogP contribution in [0.1, 0.15) is 12.3 Å². The third kappa shape index (κ3) is 4.31. The first kappa shape index (κ1) is 16.4. The fraction of sp³-hybridized carbons (Fsp3) is 0.125. The summed E-state index contributed by atoms with van der Waals surface area (Å²) in [6, 6.07) is 8.46. The van der Waals surface area contributed by atoms with Crippen LogP contribution in [0.5, 0.6) is 0 Å². The van der Waals surface area contributed by atoms with Crippen LogP contribution in [0.3, 0.4) is 0 Å². The van der Waals surface area contributed by atoms with Gasteiger partial charge < -0.3 is 9.84 Å². The second-order valence-electron chi connectivity index (χ2n) is 4.96. The minimum absolute atomic E-state index is 0.193. The molecule has 0 unspecified atom stereocenters. The van der Waals surface area contributed by atoms with E-state index in [0.29, 0.717) is 33.9 Å². The van der Waals surface area contributed by atoms with E-state index in [2.05, 4.69) is 20.4 Å². The van der Waals surface area contributed by atoms with Crippen LogP contribution in [0, 0.1) is 0 Å².